The zero-order valence-corrected chi connectivity index (χ0v) is 15.5. The number of ether oxygens (including phenoxy) is 3. The zero-order valence-electron chi connectivity index (χ0n) is 15.5. The average molecular weight is 351 g/mol. The van der Waals surface area contributed by atoms with Crippen LogP contribution in [0.4, 0.5) is 0 Å². The van der Waals surface area contributed by atoms with Crippen LogP contribution in [0.15, 0.2) is 0 Å². The lowest BCUT2D eigenvalue weighted by Gasteiger charge is -2.48. The van der Waals surface area contributed by atoms with Crippen molar-refractivity contribution in [1.82, 2.24) is 10.6 Å². The molecule has 3 saturated carbocycles. The summed E-state index contributed by atoms with van der Waals surface area (Å²) < 4.78 is 18.5. The highest BCUT2D eigenvalue weighted by Gasteiger charge is 2.49. The smallest absolute Gasteiger partial charge is 0.111 e. The van der Waals surface area contributed by atoms with Crippen molar-refractivity contribution in [2.24, 2.45) is 5.92 Å². The second-order valence-corrected chi connectivity index (χ2v) is 8.99. The minimum absolute atomic E-state index is 0.246. The van der Waals surface area contributed by atoms with Gasteiger partial charge in [0, 0.05) is 31.7 Å². The highest BCUT2D eigenvalue weighted by Crippen LogP contribution is 2.39. The van der Waals surface area contributed by atoms with E-state index < -0.39 is 0 Å². The van der Waals surface area contributed by atoms with Gasteiger partial charge < -0.3 is 19.5 Å². The van der Waals surface area contributed by atoms with Crippen LogP contribution in [0.1, 0.15) is 64.2 Å². The topological polar surface area (TPSA) is 51.8 Å². The van der Waals surface area contributed by atoms with Crippen LogP contribution >= 0.6 is 0 Å². The third kappa shape index (κ3) is 3.27. The van der Waals surface area contributed by atoms with Gasteiger partial charge >= 0.3 is 0 Å². The third-order valence-electron chi connectivity index (χ3n) is 7.53. The maximum atomic E-state index is 6.52. The molecule has 0 aromatic carbocycles. The molecule has 0 spiro atoms. The molecule has 2 heterocycles. The fourth-order valence-corrected chi connectivity index (χ4v) is 6.05. The van der Waals surface area contributed by atoms with Crippen molar-refractivity contribution >= 4 is 0 Å². The Hall–Kier alpha value is -0.200. The number of hydrogen-bond acceptors (Lipinski definition) is 5. The van der Waals surface area contributed by atoms with Crippen molar-refractivity contribution in [2.45, 2.75) is 113 Å². The van der Waals surface area contributed by atoms with Crippen LogP contribution in [0.3, 0.4) is 0 Å². The van der Waals surface area contributed by atoms with Crippen molar-refractivity contribution in [3.8, 4) is 0 Å². The van der Waals surface area contributed by atoms with Gasteiger partial charge in [-0.15, -0.1) is 0 Å². The minimum atomic E-state index is 0.246. The van der Waals surface area contributed by atoms with Crippen molar-refractivity contribution in [3.63, 3.8) is 0 Å². The Morgan fingerprint density at radius 2 is 1.48 bits per heavy atom. The minimum Gasteiger partial charge on any atom is -0.381 e. The molecule has 2 saturated heterocycles. The Labute approximate surface area is 151 Å². The van der Waals surface area contributed by atoms with E-state index >= 15 is 0 Å². The first kappa shape index (κ1) is 16.9. The third-order valence-corrected chi connectivity index (χ3v) is 7.53. The van der Waals surface area contributed by atoms with Gasteiger partial charge in [0.05, 0.1) is 24.4 Å². The Bertz CT molecular complexity index is 438. The van der Waals surface area contributed by atoms with Gasteiger partial charge in [0.15, 0.2) is 0 Å². The van der Waals surface area contributed by atoms with Crippen molar-refractivity contribution < 1.29 is 14.2 Å². The van der Waals surface area contributed by atoms with Crippen molar-refractivity contribution in [1.29, 1.82) is 0 Å². The van der Waals surface area contributed by atoms with Gasteiger partial charge in [-0.2, -0.15) is 0 Å². The summed E-state index contributed by atoms with van der Waals surface area (Å²) in [6.45, 7) is 0. The standard InChI is InChI=1S/C20H34N2O3/c1-23-13-8-6-12(7-9-13)20-22-16-10-15-18(11-19(16)25-20)24-17-5-3-2-4-14(17)21-15/h12-22H,2-11H2,1H3. The Kier molecular flexibility index (Phi) is 4.80. The number of morpholine rings is 1. The number of fused-ring (bicyclic) bond motifs is 3. The maximum Gasteiger partial charge on any atom is 0.111 e. The zero-order chi connectivity index (χ0) is 16.8. The predicted molar refractivity (Wildman–Crippen MR) is 95.4 cm³/mol. The monoisotopic (exact) mass is 350 g/mol. The molecule has 5 fully saturated rings. The molecule has 5 heteroatoms. The summed E-state index contributed by atoms with van der Waals surface area (Å²) in [6, 6.07) is 1.61. The lowest BCUT2D eigenvalue weighted by molar-refractivity contribution is -0.136. The molecule has 0 aromatic rings. The highest BCUT2D eigenvalue weighted by molar-refractivity contribution is 5.04. The number of rotatable bonds is 2. The molecule has 2 aliphatic heterocycles. The highest BCUT2D eigenvalue weighted by atomic mass is 16.5. The van der Waals surface area contributed by atoms with Gasteiger partial charge in [0.2, 0.25) is 0 Å². The van der Waals surface area contributed by atoms with E-state index in [4.69, 9.17) is 14.2 Å². The number of nitrogens with one attached hydrogen (secondary N) is 2. The lowest BCUT2D eigenvalue weighted by atomic mass is 9.81. The van der Waals surface area contributed by atoms with Crippen LogP contribution in [0.5, 0.6) is 0 Å². The Balaban J connectivity index is 1.20. The van der Waals surface area contributed by atoms with Gasteiger partial charge in [-0.05, 0) is 50.9 Å². The molecule has 0 bridgehead atoms. The normalized spacial score (nSPS) is 52.9. The second-order valence-electron chi connectivity index (χ2n) is 8.99. The summed E-state index contributed by atoms with van der Waals surface area (Å²) in [7, 11) is 1.84. The van der Waals surface area contributed by atoms with Crippen LogP contribution < -0.4 is 10.6 Å². The maximum absolute atomic E-state index is 6.52. The Morgan fingerprint density at radius 3 is 2.32 bits per heavy atom. The molecule has 142 valence electrons. The lowest BCUT2D eigenvalue weighted by Crippen LogP contribution is -2.64. The molecule has 3 aliphatic carbocycles. The second kappa shape index (κ2) is 7.08. The van der Waals surface area contributed by atoms with E-state index in [0.29, 0.717) is 48.5 Å². The molecule has 25 heavy (non-hydrogen) atoms. The van der Waals surface area contributed by atoms with Gasteiger partial charge in [-0.1, -0.05) is 12.8 Å². The number of hydrogen-bond donors (Lipinski definition) is 2. The van der Waals surface area contributed by atoms with E-state index in [0.717, 1.165) is 12.8 Å². The van der Waals surface area contributed by atoms with Crippen LogP contribution in [0, 0.1) is 5.92 Å². The summed E-state index contributed by atoms with van der Waals surface area (Å²) in [4.78, 5) is 0. The van der Waals surface area contributed by atoms with Gasteiger partial charge in [0.25, 0.3) is 0 Å². The number of methoxy groups -OCH3 is 1. The van der Waals surface area contributed by atoms with Crippen LogP contribution in [-0.4, -0.2) is 55.9 Å². The fraction of sp³-hybridized carbons (Fsp3) is 1.00. The molecular formula is C20H34N2O3. The van der Waals surface area contributed by atoms with E-state index in [1.807, 2.05) is 7.11 Å². The molecular weight excluding hydrogens is 316 g/mol. The quantitative estimate of drug-likeness (QED) is 0.801. The fourth-order valence-electron chi connectivity index (χ4n) is 6.05. The first-order chi connectivity index (χ1) is 12.3. The van der Waals surface area contributed by atoms with E-state index in [2.05, 4.69) is 10.6 Å². The largest absolute Gasteiger partial charge is 0.381 e. The molecule has 0 amide bonds. The Morgan fingerprint density at radius 1 is 0.720 bits per heavy atom. The summed E-state index contributed by atoms with van der Waals surface area (Å²) in [6.07, 6.45) is 14.1. The van der Waals surface area contributed by atoms with Crippen LogP contribution in [0.25, 0.3) is 0 Å². The van der Waals surface area contributed by atoms with Crippen LogP contribution in [0.2, 0.25) is 0 Å². The summed E-state index contributed by atoms with van der Waals surface area (Å²) >= 11 is 0. The molecule has 2 N–H and O–H groups in total. The molecule has 7 unspecified atom stereocenters. The summed E-state index contributed by atoms with van der Waals surface area (Å²) in [5.41, 5.74) is 0. The van der Waals surface area contributed by atoms with Gasteiger partial charge in [0.1, 0.15) is 6.23 Å². The molecule has 5 rings (SSSR count). The van der Waals surface area contributed by atoms with E-state index in [9.17, 15) is 0 Å². The van der Waals surface area contributed by atoms with Crippen LogP contribution in [-0.2, 0) is 14.2 Å². The molecule has 5 aliphatic rings. The summed E-state index contributed by atoms with van der Waals surface area (Å²) in [5, 5.41) is 7.78. The van der Waals surface area contributed by atoms with E-state index in [-0.39, 0.29) is 6.23 Å². The van der Waals surface area contributed by atoms with Gasteiger partial charge in [-0.3, -0.25) is 5.32 Å². The average Bonchev–Trinajstić information content (AvgIpc) is 3.07. The predicted octanol–water partition coefficient (Wildman–Crippen LogP) is 2.34. The molecule has 0 aromatic heterocycles. The van der Waals surface area contributed by atoms with E-state index in [1.165, 1.54) is 51.4 Å². The first-order valence-electron chi connectivity index (χ1n) is 10.7. The van der Waals surface area contributed by atoms with Crippen molar-refractivity contribution in [3.05, 3.63) is 0 Å². The van der Waals surface area contributed by atoms with E-state index in [1.54, 1.807) is 0 Å². The molecule has 0 radical (unpaired) electrons. The molecule has 7 atom stereocenters. The molecule has 5 nitrogen and oxygen atoms in total. The summed E-state index contributed by atoms with van der Waals surface area (Å²) in [5.74, 6) is 0.649. The van der Waals surface area contributed by atoms with Crippen molar-refractivity contribution in [2.75, 3.05) is 7.11 Å². The van der Waals surface area contributed by atoms with Gasteiger partial charge in [-0.25, -0.2) is 0 Å². The SMILES string of the molecule is COC1CCC(C2NC3CC4NC5CCCCC5OC4CC3O2)CC1. The first-order valence-corrected chi connectivity index (χ1v) is 10.7.